The number of rotatable bonds is 2. The molecule has 0 amide bonds. The number of benzene rings is 1. The summed E-state index contributed by atoms with van der Waals surface area (Å²) >= 11 is 6.02. The van der Waals surface area contributed by atoms with E-state index in [0.29, 0.717) is 6.04 Å². The summed E-state index contributed by atoms with van der Waals surface area (Å²) in [7, 11) is 0. The Kier molecular flexibility index (Phi) is 3.79. The van der Waals surface area contributed by atoms with E-state index in [1.165, 1.54) is 0 Å². The number of anilines is 2. The highest BCUT2D eigenvalue weighted by molar-refractivity contribution is 6.31. The topological polar surface area (TPSA) is 32.5 Å². The van der Waals surface area contributed by atoms with Gasteiger partial charge < -0.3 is 10.6 Å². The van der Waals surface area contributed by atoms with E-state index >= 15 is 0 Å². The van der Waals surface area contributed by atoms with E-state index in [4.69, 9.17) is 17.3 Å². The fourth-order valence-corrected chi connectivity index (χ4v) is 2.44. The van der Waals surface area contributed by atoms with Gasteiger partial charge in [-0.15, -0.1) is 0 Å². The van der Waals surface area contributed by atoms with Crippen LogP contribution in [0.1, 0.15) is 13.8 Å². The van der Waals surface area contributed by atoms with Crippen molar-refractivity contribution in [3.8, 4) is 0 Å². The fourth-order valence-electron chi connectivity index (χ4n) is 2.27. The van der Waals surface area contributed by atoms with Gasteiger partial charge in [-0.25, -0.2) is 0 Å². The van der Waals surface area contributed by atoms with Gasteiger partial charge >= 0.3 is 0 Å². The van der Waals surface area contributed by atoms with Gasteiger partial charge in [-0.1, -0.05) is 11.6 Å². The first-order chi connectivity index (χ1) is 8.08. The van der Waals surface area contributed by atoms with Crippen molar-refractivity contribution in [1.29, 1.82) is 0 Å². The summed E-state index contributed by atoms with van der Waals surface area (Å²) in [6.45, 7) is 8.69. The first-order valence-corrected chi connectivity index (χ1v) is 6.50. The van der Waals surface area contributed by atoms with Gasteiger partial charge in [0.1, 0.15) is 0 Å². The molecular formula is C13H20ClN3. The molecule has 1 heterocycles. The van der Waals surface area contributed by atoms with E-state index in [2.05, 4.69) is 23.6 Å². The minimum Gasteiger partial charge on any atom is -0.397 e. The summed E-state index contributed by atoms with van der Waals surface area (Å²) < 4.78 is 0. The van der Waals surface area contributed by atoms with E-state index in [-0.39, 0.29) is 0 Å². The third-order valence-corrected chi connectivity index (χ3v) is 3.61. The van der Waals surface area contributed by atoms with Crippen molar-refractivity contribution in [3.63, 3.8) is 0 Å². The summed E-state index contributed by atoms with van der Waals surface area (Å²) in [5.41, 5.74) is 7.88. The van der Waals surface area contributed by atoms with E-state index in [1.807, 2.05) is 18.2 Å². The SMILES string of the molecule is CC(C)N1CCN(c2cc(Cl)ccc2N)CC1. The average molecular weight is 254 g/mol. The molecule has 0 aromatic heterocycles. The highest BCUT2D eigenvalue weighted by Crippen LogP contribution is 2.27. The second-order valence-electron chi connectivity index (χ2n) is 4.82. The van der Waals surface area contributed by atoms with Gasteiger partial charge in [0.25, 0.3) is 0 Å². The molecule has 2 N–H and O–H groups in total. The molecule has 1 saturated heterocycles. The van der Waals surface area contributed by atoms with Crippen LogP contribution in [0.4, 0.5) is 11.4 Å². The molecule has 0 bridgehead atoms. The highest BCUT2D eigenvalue weighted by Gasteiger charge is 2.20. The average Bonchev–Trinajstić information content (AvgIpc) is 2.32. The van der Waals surface area contributed by atoms with E-state index in [1.54, 1.807) is 0 Å². The molecule has 1 fully saturated rings. The van der Waals surface area contributed by atoms with Crippen molar-refractivity contribution in [3.05, 3.63) is 23.2 Å². The lowest BCUT2D eigenvalue weighted by atomic mass is 10.2. The first-order valence-electron chi connectivity index (χ1n) is 6.12. The Labute approximate surface area is 108 Å². The van der Waals surface area contributed by atoms with Crippen molar-refractivity contribution in [1.82, 2.24) is 4.90 Å². The highest BCUT2D eigenvalue weighted by atomic mass is 35.5. The third-order valence-electron chi connectivity index (χ3n) is 3.38. The van der Waals surface area contributed by atoms with Crippen molar-refractivity contribution in [2.45, 2.75) is 19.9 Å². The van der Waals surface area contributed by atoms with E-state index in [9.17, 15) is 0 Å². The maximum absolute atomic E-state index is 6.02. The first kappa shape index (κ1) is 12.5. The Hall–Kier alpha value is -0.930. The van der Waals surface area contributed by atoms with Crippen LogP contribution in [-0.4, -0.2) is 37.1 Å². The predicted molar refractivity (Wildman–Crippen MR) is 74.8 cm³/mol. The van der Waals surface area contributed by atoms with Crippen LogP contribution in [0.15, 0.2) is 18.2 Å². The minimum absolute atomic E-state index is 0.619. The van der Waals surface area contributed by atoms with Crippen molar-refractivity contribution in [2.24, 2.45) is 0 Å². The van der Waals surface area contributed by atoms with E-state index < -0.39 is 0 Å². The number of piperazine rings is 1. The van der Waals surface area contributed by atoms with Crippen LogP contribution in [0, 0.1) is 0 Å². The molecule has 17 heavy (non-hydrogen) atoms. The third kappa shape index (κ3) is 2.85. The Balaban J connectivity index is 2.07. The van der Waals surface area contributed by atoms with Gasteiger partial charge in [0.15, 0.2) is 0 Å². The minimum atomic E-state index is 0.619. The molecular weight excluding hydrogens is 234 g/mol. The Bertz CT molecular complexity index is 384. The lowest BCUT2D eigenvalue weighted by molar-refractivity contribution is 0.209. The molecule has 0 atom stereocenters. The molecule has 1 aliphatic rings. The van der Waals surface area contributed by atoms with Crippen LogP contribution in [0.5, 0.6) is 0 Å². The summed E-state index contributed by atoms with van der Waals surface area (Å²) in [5, 5.41) is 0.750. The number of halogens is 1. The molecule has 4 heteroatoms. The van der Waals surface area contributed by atoms with Gasteiger partial charge in [-0.3, -0.25) is 4.90 Å². The standard InChI is InChI=1S/C13H20ClN3/c1-10(2)16-5-7-17(8-6-16)13-9-11(14)3-4-12(13)15/h3-4,9-10H,5-8,15H2,1-2H3. The van der Waals surface area contributed by atoms with Crippen molar-refractivity contribution >= 4 is 23.0 Å². The summed E-state index contributed by atoms with van der Waals surface area (Å²) in [4.78, 5) is 4.80. The quantitative estimate of drug-likeness (QED) is 0.822. The fraction of sp³-hybridized carbons (Fsp3) is 0.538. The van der Waals surface area contributed by atoms with Crippen molar-refractivity contribution in [2.75, 3.05) is 36.8 Å². The van der Waals surface area contributed by atoms with Crippen LogP contribution in [0.25, 0.3) is 0 Å². The maximum atomic E-state index is 6.02. The van der Waals surface area contributed by atoms with Crippen LogP contribution >= 0.6 is 11.6 Å². The lowest BCUT2D eigenvalue weighted by Gasteiger charge is -2.38. The van der Waals surface area contributed by atoms with Gasteiger partial charge in [0, 0.05) is 37.2 Å². The predicted octanol–water partition coefficient (Wildman–Crippen LogP) is 2.45. The summed E-state index contributed by atoms with van der Waals surface area (Å²) in [5.74, 6) is 0. The van der Waals surface area contributed by atoms with Crippen LogP contribution in [0.3, 0.4) is 0 Å². The number of nitrogens with zero attached hydrogens (tertiary/aromatic N) is 2. The normalized spacial score (nSPS) is 17.8. The molecule has 0 saturated carbocycles. The monoisotopic (exact) mass is 253 g/mol. The van der Waals surface area contributed by atoms with Gasteiger partial charge in [0.2, 0.25) is 0 Å². The molecule has 1 aromatic rings. The Morgan fingerprint density at radius 1 is 1.18 bits per heavy atom. The molecule has 0 aliphatic carbocycles. The maximum Gasteiger partial charge on any atom is 0.0615 e. The molecule has 1 aromatic carbocycles. The molecule has 1 aliphatic heterocycles. The largest absolute Gasteiger partial charge is 0.397 e. The molecule has 0 spiro atoms. The second-order valence-corrected chi connectivity index (χ2v) is 5.26. The second kappa shape index (κ2) is 5.15. The number of nitrogen functional groups attached to an aromatic ring is 1. The summed E-state index contributed by atoms with van der Waals surface area (Å²) in [6.07, 6.45) is 0. The molecule has 0 radical (unpaired) electrons. The number of hydrogen-bond donors (Lipinski definition) is 1. The molecule has 3 nitrogen and oxygen atoms in total. The van der Waals surface area contributed by atoms with Crippen LogP contribution < -0.4 is 10.6 Å². The van der Waals surface area contributed by atoms with Crippen molar-refractivity contribution < 1.29 is 0 Å². The zero-order chi connectivity index (χ0) is 12.4. The zero-order valence-corrected chi connectivity index (χ0v) is 11.2. The molecule has 94 valence electrons. The number of nitrogens with two attached hydrogens (primary N) is 1. The Morgan fingerprint density at radius 2 is 1.82 bits per heavy atom. The van der Waals surface area contributed by atoms with E-state index in [0.717, 1.165) is 42.6 Å². The van der Waals surface area contributed by atoms with Crippen LogP contribution in [-0.2, 0) is 0 Å². The van der Waals surface area contributed by atoms with Crippen LogP contribution in [0.2, 0.25) is 5.02 Å². The molecule has 2 rings (SSSR count). The van der Waals surface area contributed by atoms with Gasteiger partial charge in [0.05, 0.1) is 11.4 Å². The summed E-state index contributed by atoms with van der Waals surface area (Å²) in [6, 6.07) is 6.30. The van der Waals surface area contributed by atoms with Gasteiger partial charge in [-0.05, 0) is 32.0 Å². The number of hydrogen-bond acceptors (Lipinski definition) is 3. The zero-order valence-electron chi connectivity index (χ0n) is 10.5. The van der Waals surface area contributed by atoms with Gasteiger partial charge in [-0.2, -0.15) is 0 Å². The molecule has 0 unspecified atom stereocenters. The lowest BCUT2D eigenvalue weighted by Crippen LogP contribution is -2.49. The Morgan fingerprint density at radius 3 is 2.41 bits per heavy atom. The smallest absolute Gasteiger partial charge is 0.0615 e.